The van der Waals surface area contributed by atoms with Gasteiger partial charge in [0.1, 0.15) is 0 Å². The lowest BCUT2D eigenvalue weighted by Crippen LogP contribution is -1.97. The Morgan fingerprint density at radius 3 is 1.94 bits per heavy atom. The molecule has 0 fully saturated rings. The minimum absolute atomic E-state index is 1.18. The van der Waals surface area contributed by atoms with Gasteiger partial charge in [-0.1, -0.05) is 66.7 Å². The summed E-state index contributed by atoms with van der Waals surface area (Å²) in [6.45, 7) is 0. The lowest BCUT2D eigenvalue weighted by atomic mass is 10.0. The first-order valence-electron chi connectivity index (χ1n) is 11.4. The molecule has 0 saturated heterocycles. The summed E-state index contributed by atoms with van der Waals surface area (Å²) in [5.74, 6) is 0. The van der Waals surface area contributed by atoms with Crippen molar-refractivity contribution in [1.82, 2.24) is 13.8 Å². The quantitative estimate of drug-likeness (QED) is 0.242. The van der Waals surface area contributed by atoms with Gasteiger partial charge in [-0.3, -0.25) is 0 Å². The van der Waals surface area contributed by atoms with E-state index in [9.17, 15) is 0 Å². The SMILES string of the molecule is c1ccc2c(c1)[nH]c1cc3c4c(c5ccccc5n4c4cccc5c6ccccc6n3c54)c12. The van der Waals surface area contributed by atoms with E-state index in [1.54, 1.807) is 0 Å². The molecule has 0 unspecified atom stereocenters. The molecule has 0 saturated carbocycles. The van der Waals surface area contributed by atoms with E-state index in [4.69, 9.17) is 0 Å². The molecule has 0 aliphatic heterocycles. The van der Waals surface area contributed by atoms with Crippen LogP contribution in [0.4, 0.5) is 0 Å². The monoisotopic (exact) mass is 419 g/mol. The molecule has 3 heteroatoms. The van der Waals surface area contributed by atoms with Crippen LogP contribution >= 0.6 is 0 Å². The van der Waals surface area contributed by atoms with Gasteiger partial charge in [0.05, 0.1) is 33.1 Å². The van der Waals surface area contributed by atoms with E-state index in [1.165, 1.54) is 76.5 Å². The highest BCUT2D eigenvalue weighted by Gasteiger charge is 2.23. The zero-order valence-corrected chi connectivity index (χ0v) is 17.6. The predicted molar refractivity (Wildman–Crippen MR) is 139 cm³/mol. The highest BCUT2D eigenvalue weighted by Crippen LogP contribution is 2.44. The molecule has 4 aromatic heterocycles. The maximum absolute atomic E-state index is 3.72. The standard InChI is InChI=1S/C30H17N3/c1-4-12-21-19(9-1)27-22(31-21)16-26-30-28(27)20-10-3-6-14-24(20)32(30)25-15-7-11-18-17-8-2-5-13-23(17)33(26)29(18)25/h1-16,31H. The fourth-order valence-corrected chi connectivity index (χ4v) is 6.33. The molecule has 0 aliphatic rings. The number of aromatic nitrogens is 3. The van der Waals surface area contributed by atoms with Crippen molar-refractivity contribution in [3.63, 3.8) is 0 Å². The lowest BCUT2D eigenvalue weighted by Gasteiger charge is -2.12. The van der Waals surface area contributed by atoms with Gasteiger partial charge in [-0.15, -0.1) is 0 Å². The zero-order valence-electron chi connectivity index (χ0n) is 17.6. The van der Waals surface area contributed by atoms with Gasteiger partial charge < -0.3 is 13.8 Å². The van der Waals surface area contributed by atoms with Crippen LogP contribution < -0.4 is 0 Å². The van der Waals surface area contributed by atoms with Crippen molar-refractivity contribution in [2.45, 2.75) is 0 Å². The molecule has 0 bridgehead atoms. The molecule has 1 N–H and O–H groups in total. The van der Waals surface area contributed by atoms with E-state index in [2.05, 4.69) is 111 Å². The number of rotatable bonds is 0. The minimum atomic E-state index is 1.18. The number of fused-ring (bicyclic) bond motifs is 12. The Bertz CT molecular complexity index is 2240. The molecule has 0 aliphatic carbocycles. The van der Waals surface area contributed by atoms with Gasteiger partial charge in [-0.25, -0.2) is 0 Å². The Labute approximate surface area is 187 Å². The fraction of sp³-hybridized carbons (Fsp3) is 0. The fourth-order valence-electron chi connectivity index (χ4n) is 6.33. The Kier molecular flexibility index (Phi) is 2.59. The molecular formula is C30H17N3. The molecule has 5 aromatic carbocycles. The number of aromatic amines is 1. The minimum Gasteiger partial charge on any atom is -0.354 e. The van der Waals surface area contributed by atoms with Crippen LogP contribution in [0.25, 0.3) is 76.5 Å². The maximum atomic E-state index is 3.72. The van der Waals surface area contributed by atoms with Crippen LogP contribution in [0.15, 0.2) is 97.1 Å². The van der Waals surface area contributed by atoms with Crippen LogP contribution in [0.2, 0.25) is 0 Å². The summed E-state index contributed by atoms with van der Waals surface area (Å²) < 4.78 is 4.97. The molecule has 0 atom stereocenters. The summed E-state index contributed by atoms with van der Waals surface area (Å²) in [6.07, 6.45) is 0. The van der Waals surface area contributed by atoms with Crippen molar-refractivity contribution in [2.24, 2.45) is 0 Å². The third kappa shape index (κ3) is 1.70. The Morgan fingerprint density at radius 2 is 1.06 bits per heavy atom. The molecule has 9 rings (SSSR count). The number of hydrogen-bond acceptors (Lipinski definition) is 0. The van der Waals surface area contributed by atoms with Gasteiger partial charge in [0.25, 0.3) is 0 Å². The number of para-hydroxylation sites is 4. The first-order valence-corrected chi connectivity index (χ1v) is 11.4. The second kappa shape index (κ2) is 5.28. The molecule has 3 nitrogen and oxygen atoms in total. The normalized spacial score (nSPS) is 12.8. The average Bonchev–Trinajstić information content (AvgIpc) is 3.51. The molecule has 33 heavy (non-hydrogen) atoms. The molecule has 4 heterocycles. The smallest absolute Gasteiger partial charge is 0.0791 e. The second-order valence-electron chi connectivity index (χ2n) is 9.09. The van der Waals surface area contributed by atoms with Gasteiger partial charge >= 0.3 is 0 Å². The highest BCUT2D eigenvalue weighted by molar-refractivity contribution is 6.32. The summed E-state index contributed by atoms with van der Waals surface area (Å²) in [5.41, 5.74) is 9.95. The topological polar surface area (TPSA) is 24.6 Å². The molecule has 0 amide bonds. The second-order valence-corrected chi connectivity index (χ2v) is 9.09. The molecule has 0 radical (unpaired) electrons. The highest BCUT2D eigenvalue weighted by atomic mass is 15.0. The Hall–Kier alpha value is -4.50. The van der Waals surface area contributed by atoms with Crippen molar-refractivity contribution in [1.29, 1.82) is 0 Å². The van der Waals surface area contributed by atoms with Crippen LogP contribution in [-0.2, 0) is 0 Å². The summed E-state index contributed by atoms with van der Waals surface area (Å²) in [5, 5.41) is 7.83. The Balaban J connectivity index is 1.77. The van der Waals surface area contributed by atoms with E-state index in [0.29, 0.717) is 0 Å². The number of benzene rings is 5. The van der Waals surface area contributed by atoms with Crippen molar-refractivity contribution in [3.05, 3.63) is 97.1 Å². The van der Waals surface area contributed by atoms with Crippen molar-refractivity contribution in [2.75, 3.05) is 0 Å². The van der Waals surface area contributed by atoms with Crippen LogP contribution in [-0.4, -0.2) is 13.8 Å². The van der Waals surface area contributed by atoms with Crippen LogP contribution in [0.3, 0.4) is 0 Å². The van der Waals surface area contributed by atoms with Gasteiger partial charge in [-0.2, -0.15) is 0 Å². The third-order valence-corrected chi connectivity index (χ3v) is 7.54. The molecular weight excluding hydrogens is 402 g/mol. The summed E-state index contributed by atoms with van der Waals surface area (Å²) in [7, 11) is 0. The van der Waals surface area contributed by atoms with E-state index in [0.717, 1.165) is 0 Å². The average molecular weight is 419 g/mol. The first-order chi connectivity index (χ1) is 16.4. The van der Waals surface area contributed by atoms with Crippen LogP contribution in [0.5, 0.6) is 0 Å². The van der Waals surface area contributed by atoms with E-state index in [-0.39, 0.29) is 0 Å². The number of nitrogens with one attached hydrogen (secondary N) is 1. The molecule has 0 spiro atoms. The van der Waals surface area contributed by atoms with Gasteiger partial charge in [0.2, 0.25) is 0 Å². The zero-order chi connectivity index (χ0) is 21.3. The van der Waals surface area contributed by atoms with Crippen molar-refractivity contribution in [3.8, 4) is 0 Å². The van der Waals surface area contributed by atoms with Gasteiger partial charge in [0.15, 0.2) is 0 Å². The number of nitrogens with zero attached hydrogens (tertiary/aromatic N) is 2. The largest absolute Gasteiger partial charge is 0.354 e. The summed E-state index contributed by atoms with van der Waals surface area (Å²) in [6, 6.07) is 35.4. The molecule has 152 valence electrons. The Morgan fingerprint density at radius 1 is 0.424 bits per heavy atom. The van der Waals surface area contributed by atoms with Crippen LogP contribution in [0.1, 0.15) is 0 Å². The predicted octanol–water partition coefficient (Wildman–Crippen LogP) is 7.88. The third-order valence-electron chi connectivity index (χ3n) is 7.54. The first kappa shape index (κ1) is 16.2. The van der Waals surface area contributed by atoms with Crippen molar-refractivity contribution < 1.29 is 0 Å². The maximum Gasteiger partial charge on any atom is 0.0791 e. The van der Waals surface area contributed by atoms with Gasteiger partial charge in [-0.05, 0) is 30.3 Å². The van der Waals surface area contributed by atoms with E-state index < -0.39 is 0 Å². The van der Waals surface area contributed by atoms with E-state index in [1.807, 2.05) is 0 Å². The summed E-state index contributed by atoms with van der Waals surface area (Å²) >= 11 is 0. The van der Waals surface area contributed by atoms with Gasteiger partial charge in [0, 0.05) is 43.4 Å². The number of H-pyrrole nitrogens is 1. The molecule has 9 aromatic rings. The van der Waals surface area contributed by atoms with Crippen molar-refractivity contribution >= 4 is 76.5 Å². The van der Waals surface area contributed by atoms with E-state index >= 15 is 0 Å². The van der Waals surface area contributed by atoms with Crippen LogP contribution in [0, 0.1) is 0 Å². The number of hydrogen-bond donors (Lipinski definition) is 1. The summed E-state index contributed by atoms with van der Waals surface area (Å²) in [4.78, 5) is 3.72. The lowest BCUT2D eigenvalue weighted by molar-refractivity contribution is 1.26.